The van der Waals surface area contributed by atoms with E-state index in [1.54, 1.807) is 12.1 Å². The van der Waals surface area contributed by atoms with E-state index < -0.39 is 10.0 Å². The summed E-state index contributed by atoms with van der Waals surface area (Å²) >= 11 is 0. The summed E-state index contributed by atoms with van der Waals surface area (Å²) in [7, 11) is -3.13. The van der Waals surface area contributed by atoms with Crippen molar-refractivity contribution in [3.63, 3.8) is 0 Å². The summed E-state index contributed by atoms with van der Waals surface area (Å²) in [6, 6.07) is 4.97. The number of amides is 1. The molecule has 3 heterocycles. The maximum atomic E-state index is 12.1. The van der Waals surface area contributed by atoms with Crippen molar-refractivity contribution in [2.24, 2.45) is 0 Å². The van der Waals surface area contributed by atoms with Gasteiger partial charge in [-0.1, -0.05) is 5.16 Å². The highest BCUT2D eigenvalue weighted by Crippen LogP contribution is 2.20. The van der Waals surface area contributed by atoms with Crippen LogP contribution in [0, 0.1) is 0 Å². The lowest BCUT2D eigenvalue weighted by molar-refractivity contribution is 0.0936. The highest BCUT2D eigenvalue weighted by Gasteiger charge is 2.23. The minimum absolute atomic E-state index is 0.188. The Morgan fingerprint density at radius 3 is 2.68 bits per heavy atom. The first-order valence-corrected chi connectivity index (χ1v) is 9.74. The van der Waals surface area contributed by atoms with Gasteiger partial charge in [-0.2, -0.15) is 4.31 Å². The molecule has 25 heavy (non-hydrogen) atoms. The molecule has 0 aromatic carbocycles. The van der Waals surface area contributed by atoms with E-state index in [1.165, 1.54) is 22.9 Å². The predicted molar refractivity (Wildman–Crippen MR) is 89.4 cm³/mol. The Morgan fingerprint density at radius 1 is 1.28 bits per heavy atom. The molecule has 1 amide bonds. The van der Waals surface area contributed by atoms with Gasteiger partial charge in [-0.05, 0) is 12.1 Å². The molecule has 0 spiro atoms. The SMILES string of the molecule is CS(=O)(=O)N1CCN(CCNC(=O)c2cc(-c3ccco3)on2)CC1. The van der Waals surface area contributed by atoms with Gasteiger partial charge < -0.3 is 14.3 Å². The third kappa shape index (κ3) is 4.47. The molecule has 0 unspecified atom stereocenters. The number of aromatic nitrogens is 1. The standard InChI is InChI=1S/C15H20N4O5S/c1-25(21,22)19-8-6-18(7-9-19)5-4-16-15(20)12-11-14(24-17-12)13-3-2-10-23-13/h2-3,10-11H,4-9H2,1H3,(H,16,20). The van der Waals surface area contributed by atoms with E-state index in [1.807, 2.05) is 0 Å². The van der Waals surface area contributed by atoms with Crippen LogP contribution < -0.4 is 5.32 Å². The zero-order valence-electron chi connectivity index (χ0n) is 13.8. The third-order valence-electron chi connectivity index (χ3n) is 4.02. The topological polar surface area (TPSA) is 109 Å². The van der Waals surface area contributed by atoms with Crippen LogP contribution in [0.25, 0.3) is 11.5 Å². The zero-order valence-corrected chi connectivity index (χ0v) is 14.7. The van der Waals surface area contributed by atoms with Crippen molar-refractivity contribution < 1.29 is 22.2 Å². The molecule has 0 saturated carbocycles. The van der Waals surface area contributed by atoms with Crippen molar-refractivity contribution in [3.8, 4) is 11.5 Å². The van der Waals surface area contributed by atoms with Crippen LogP contribution in [-0.4, -0.2) is 74.2 Å². The van der Waals surface area contributed by atoms with Crippen LogP contribution >= 0.6 is 0 Å². The predicted octanol–water partition coefficient (Wildman–Crippen LogP) is 0.242. The van der Waals surface area contributed by atoms with Gasteiger partial charge in [-0.25, -0.2) is 8.42 Å². The van der Waals surface area contributed by atoms with Crippen molar-refractivity contribution in [1.29, 1.82) is 0 Å². The van der Waals surface area contributed by atoms with Crippen LogP contribution in [0.3, 0.4) is 0 Å². The van der Waals surface area contributed by atoms with Gasteiger partial charge in [0.05, 0.1) is 12.5 Å². The van der Waals surface area contributed by atoms with E-state index in [9.17, 15) is 13.2 Å². The van der Waals surface area contributed by atoms with Gasteiger partial charge in [-0.3, -0.25) is 9.69 Å². The maximum Gasteiger partial charge on any atom is 0.273 e. The average Bonchev–Trinajstić information content (AvgIpc) is 3.25. The summed E-state index contributed by atoms with van der Waals surface area (Å²) in [5.74, 6) is 0.582. The molecule has 1 fully saturated rings. The molecule has 10 heteroatoms. The molecule has 2 aromatic rings. The number of sulfonamides is 1. The highest BCUT2D eigenvalue weighted by atomic mass is 32.2. The van der Waals surface area contributed by atoms with Crippen molar-refractivity contribution in [1.82, 2.24) is 19.7 Å². The highest BCUT2D eigenvalue weighted by molar-refractivity contribution is 7.88. The second-order valence-corrected chi connectivity index (χ2v) is 7.80. The Morgan fingerprint density at radius 2 is 2.04 bits per heavy atom. The van der Waals surface area contributed by atoms with Gasteiger partial charge in [0.1, 0.15) is 0 Å². The third-order valence-corrected chi connectivity index (χ3v) is 5.32. The van der Waals surface area contributed by atoms with Crippen molar-refractivity contribution >= 4 is 15.9 Å². The summed E-state index contributed by atoms with van der Waals surface area (Å²) < 4.78 is 34.7. The normalized spacial score (nSPS) is 16.8. The molecular formula is C15H20N4O5S. The van der Waals surface area contributed by atoms with E-state index in [0.29, 0.717) is 50.8 Å². The van der Waals surface area contributed by atoms with Crippen molar-refractivity contribution in [2.45, 2.75) is 0 Å². The van der Waals surface area contributed by atoms with E-state index in [0.717, 1.165) is 0 Å². The minimum Gasteiger partial charge on any atom is -0.461 e. The molecule has 3 rings (SSSR count). The molecule has 0 atom stereocenters. The molecule has 0 radical (unpaired) electrons. The number of carbonyl (C=O) groups excluding carboxylic acids is 1. The zero-order chi connectivity index (χ0) is 17.9. The van der Waals surface area contributed by atoms with Gasteiger partial charge in [0.25, 0.3) is 5.91 Å². The minimum atomic E-state index is -3.13. The number of hydrogen-bond acceptors (Lipinski definition) is 7. The quantitative estimate of drug-likeness (QED) is 0.778. The first-order chi connectivity index (χ1) is 11.9. The second-order valence-electron chi connectivity index (χ2n) is 5.81. The number of nitrogens with zero attached hydrogens (tertiary/aromatic N) is 3. The molecule has 0 bridgehead atoms. The summed E-state index contributed by atoms with van der Waals surface area (Å²) in [5.41, 5.74) is 0.188. The van der Waals surface area contributed by atoms with Crippen LogP contribution in [-0.2, 0) is 10.0 Å². The van der Waals surface area contributed by atoms with Gasteiger partial charge in [0, 0.05) is 45.3 Å². The van der Waals surface area contributed by atoms with E-state index in [-0.39, 0.29) is 11.6 Å². The molecule has 1 aliphatic heterocycles. The first-order valence-electron chi connectivity index (χ1n) is 7.90. The Labute approximate surface area is 145 Å². The molecule has 1 N–H and O–H groups in total. The van der Waals surface area contributed by atoms with Crippen LogP contribution in [0.15, 0.2) is 33.4 Å². The number of rotatable bonds is 6. The second kappa shape index (κ2) is 7.38. The summed E-state index contributed by atoms with van der Waals surface area (Å²) in [4.78, 5) is 14.2. The lowest BCUT2D eigenvalue weighted by Crippen LogP contribution is -2.49. The molecule has 1 aliphatic rings. The summed E-state index contributed by atoms with van der Waals surface area (Å²) in [6.45, 7) is 3.34. The van der Waals surface area contributed by atoms with Gasteiger partial charge in [0.15, 0.2) is 11.5 Å². The van der Waals surface area contributed by atoms with Gasteiger partial charge >= 0.3 is 0 Å². The fourth-order valence-electron chi connectivity index (χ4n) is 2.62. The smallest absolute Gasteiger partial charge is 0.273 e. The van der Waals surface area contributed by atoms with Gasteiger partial charge in [0.2, 0.25) is 15.8 Å². The number of carbonyl (C=O) groups is 1. The molecule has 1 saturated heterocycles. The number of piperazine rings is 1. The van der Waals surface area contributed by atoms with Crippen LogP contribution in [0.4, 0.5) is 0 Å². The van der Waals surface area contributed by atoms with E-state index in [2.05, 4.69) is 15.4 Å². The van der Waals surface area contributed by atoms with Crippen LogP contribution in [0.2, 0.25) is 0 Å². The van der Waals surface area contributed by atoms with E-state index in [4.69, 9.17) is 8.94 Å². The molecule has 0 aliphatic carbocycles. The summed E-state index contributed by atoms with van der Waals surface area (Å²) in [6.07, 6.45) is 2.74. The molecule has 9 nitrogen and oxygen atoms in total. The Hall–Kier alpha value is -2.17. The summed E-state index contributed by atoms with van der Waals surface area (Å²) in [5, 5.41) is 6.52. The van der Waals surface area contributed by atoms with Crippen molar-refractivity contribution in [3.05, 3.63) is 30.2 Å². The largest absolute Gasteiger partial charge is 0.461 e. The Bertz CT molecular complexity index is 807. The lowest BCUT2D eigenvalue weighted by Gasteiger charge is -2.33. The van der Waals surface area contributed by atoms with Crippen LogP contribution in [0.1, 0.15) is 10.5 Å². The molecule has 2 aromatic heterocycles. The lowest BCUT2D eigenvalue weighted by atomic mass is 10.3. The fourth-order valence-corrected chi connectivity index (χ4v) is 3.45. The average molecular weight is 368 g/mol. The first kappa shape index (κ1) is 17.6. The molecular weight excluding hydrogens is 348 g/mol. The fraction of sp³-hybridized carbons (Fsp3) is 0.467. The van der Waals surface area contributed by atoms with E-state index >= 15 is 0 Å². The number of hydrogen-bond donors (Lipinski definition) is 1. The number of furan rings is 1. The monoisotopic (exact) mass is 368 g/mol. The van der Waals surface area contributed by atoms with Crippen molar-refractivity contribution in [2.75, 3.05) is 45.5 Å². The number of nitrogens with one attached hydrogen (secondary N) is 1. The van der Waals surface area contributed by atoms with Gasteiger partial charge in [-0.15, -0.1) is 0 Å². The Kier molecular flexibility index (Phi) is 5.21. The maximum absolute atomic E-state index is 12.1. The van der Waals surface area contributed by atoms with Crippen LogP contribution in [0.5, 0.6) is 0 Å². The molecule has 136 valence electrons. The Balaban J connectivity index is 1.43.